The highest BCUT2D eigenvalue weighted by atomic mass is 16.5. The van der Waals surface area contributed by atoms with Crippen molar-refractivity contribution in [3.05, 3.63) is 65.5 Å². The van der Waals surface area contributed by atoms with Crippen LogP contribution >= 0.6 is 0 Å². The minimum absolute atomic E-state index is 0.0817. The summed E-state index contributed by atoms with van der Waals surface area (Å²) in [5, 5.41) is 4.74. The Labute approximate surface area is 226 Å². The molecule has 0 radical (unpaired) electrons. The van der Waals surface area contributed by atoms with E-state index in [1.165, 1.54) is 38.4 Å². The molecule has 1 amide bonds. The van der Waals surface area contributed by atoms with Crippen LogP contribution in [0.2, 0.25) is 0 Å². The van der Waals surface area contributed by atoms with Crippen LogP contribution in [0.25, 0.3) is 10.8 Å². The molecule has 2 aromatic carbocycles. The smallest absolute Gasteiger partial charge is 0.328 e. The number of methoxy groups -OCH3 is 1. The summed E-state index contributed by atoms with van der Waals surface area (Å²) >= 11 is 0. The maximum absolute atomic E-state index is 13.2. The highest BCUT2D eigenvalue weighted by Crippen LogP contribution is 2.33. The third-order valence-corrected chi connectivity index (χ3v) is 7.44. The largest absolute Gasteiger partial charge is 0.467 e. The van der Waals surface area contributed by atoms with Crippen molar-refractivity contribution in [1.82, 2.24) is 10.3 Å². The summed E-state index contributed by atoms with van der Waals surface area (Å²) in [6.07, 6.45) is 5.63. The lowest BCUT2D eigenvalue weighted by Crippen LogP contribution is -2.45. The summed E-state index contributed by atoms with van der Waals surface area (Å²) in [5.74, 6) is 1.12. The lowest BCUT2D eigenvalue weighted by molar-refractivity contribution is -0.144. The fourth-order valence-electron chi connectivity index (χ4n) is 5.12. The van der Waals surface area contributed by atoms with Gasteiger partial charge in [-0.15, -0.1) is 0 Å². The fourth-order valence-corrected chi connectivity index (χ4v) is 5.12. The summed E-state index contributed by atoms with van der Waals surface area (Å²) in [5.41, 5.74) is 2.54. The van der Waals surface area contributed by atoms with E-state index in [4.69, 9.17) is 14.5 Å². The lowest BCUT2D eigenvalue weighted by atomic mass is 9.87. The molecule has 1 aromatic heterocycles. The molecule has 1 saturated carbocycles. The number of rotatable bonds is 8. The van der Waals surface area contributed by atoms with Gasteiger partial charge in [-0.05, 0) is 65.0 Å². The lowest BCUT2D eigenvalue weighted by Gasteiger charge is -2.20. The Morgan fingerprint density at radius 2 is 1.66 bits per heavy atom. The summed E-state index contributed by atoms with van der Waals surface area (Å²) in [7, 11) is 1.33. The molecule has 38 heavy (non-hydrogen) atoms. The number of benzene rings is 2. The summed E-state index contributed by atoms with van der Waals surface area (Å²) in [6, 6.07) is 15.2. The van der Waals surface area contributed by atoms with E-state index in [2.05, 4.69) is 38.2 Å². The molecule has 1 aliphatic carbocycles. The molecule has 0 saturated heterocycles. The van der Waals surface area contributed by atoms with Gasteiger partial charge in [-0.25, -0.2) is 9.78 Å². The monoisotopic (exact) mass is 516 g/mol. The summed E-state index contributed by atoms with van der Waals surface area (Å²) in [4.78, 5) is 30.3. The van der Waals surface area contributed by atoms with E-state index in [0.29, 0.717) is 11.6 Å². The van der Waals surface area contributed by atoms with Crippen molar-refractivity contribution in [1.29, 1.82) is 0 Å². The number of pyridine rings is 1. The first-order valence-electron chi connectivity index (χ1n) is 13.7. The van der Waals surface area contributed by atoms with Crippen molar-refractivity contribution in [2.45, 2.75) is 78.2 Å². The van der Waals surface area contributed by atoms with E-state index < -0.39 is 12.0 Å². The second-order valence-corrected chi connectivity index (χ2v) is 11.8. The van der Waals surface area contributed by atoms with Crippen molar-refractivity contribution in [2.24, 2.45) is 11.8 Å². The zero-order valence-electron chi connectivity index (χ0n) is 23.5. The first-order chi connectivity index (χ1) is 18.0. The van der Waals surface area contributed by atoms with E-state index in [-0.39, 0.29) is 17.2 Å². The Morgan fingerprint density at radius 1 is 1.00 bits per heavy atom. The van der Waals surface area contributed by atoms with E-state index in [9.17, 15) is 9.59 Å². The van der Waals surface area contributed by atoms with Crippen LogP contribution in [0.15, 0.2) is 48.5 Å². The van der Waals surface area contributed by atoms with Crippen molar-refractivity contribution >= 4 is 22.6 Å². The number of carbonyl (C=O) groups excluding carboxylic acids is 2. The molecule has 1 aliphatic rings. The molecule has 1 atom stereocenters. The first kappa shape index (κ1) is 27.6. The van der Waals surface area contributed by atoms with Gasteiger partial charge in [-0.2, -0.15) is 0 Å². The molecule has 3 aromatic rings. The molecule has 0 bridgehead atoms. The Bertz CT molecular complexity index is 1290. The third-order valence-electron chi connectivity index (χ3n) is 7.44. The maximum atomic E-state index is 13.2. The number of fused-ring (bicyclic) bond motifs is 1. The van der Waals surface area contributed by atoms with Gasteiger partial charge in [0.15, 0.2) is 0 Å². The molecule has 202 valence electrons. The number of esters is 1. The predicted octanol–water partition coefficient (Wildman–Crippen LogP) is 6.98. The number of hydrogen-bond donors (Lipinski definition) is 1. The van der Waals surface area contributed by atoms with Crippen molar-refractivity contribution in [3.63, 3.8) is 0 Å². The van der Waals surface area contributed by atoms with E-state index in [0.717, 1.165) is 34.4 Å². The van der Waals surface area contributed by atoms with Crippen LogP contribution in [0.4, 0.5) is 0 Å². The van der Waals surface area contributed by atoms with Gasteiger partial charge < -0.3 is 14.8 Å². The van der Waals surface area contributed by atoms with Crippen molar-refractivity contribution in [3.8, 4) is 11.5 Å². The van der Waals surface area contributed by atoms with Gasteiger partial charge in [0.1, 0.15) is 23.2 Å². The molecular weight excluding hydrogens is 476 g/mol. The highest BCUT2D eigenvalue weighted by Gasteiger charge is 2.27. The Balaban J connectivity index is 1.65. The van der Waals surface area contributed by atoms with Gasteiger partial charge in [0, 0.05) is 11.1 Å². The maximum Gasteiger partial charge on any atom is 0.328 e. The van der Waals surface area contributed by atoms with E-state index in [1.807, 2.05) is 44.2 Å². The number of hydrogen-bond acceptors (Lipinski definition) is 5. The molecule has 6 heteroatoms. The van der Waals surface area contributed by atoms with Crippen LogP contribution in [-0.4, -0.2) is 30.0 Å². The standard InChI is InChI=1S/C32H40N2O4/c1-20(2)29(31(36)37-6)34-30(35)28-18-22-11-14-25(38-24-15-12-23(13-16-24)32(3,4)5)19-26(22)27(33-28)17-21-9-7-8-10-21/h11-16,18-21,29H,7-10,17H2,1-6H3,(H,34,35)/t29-/m0/s1. The molecule has 0 unspecified atom stereocenters. The fraction of sp³-hybridized carbons (Fsp3) is 0.469. The number of aromatic nitrogens is 1. The summed E-state index contributed by atoms with van der Waals surface area (Å²) in [6.45, 7) is 10.3. The average molecular weight is 517 g/mol. The van der Waals surface area contributed by atoms with Gasteiger partial charge >= 0.3 is 5.97 Å². The number of nitrogens with zero attached hydrogens (tertiary/aromatic N) is 1. The quantitative estimate of drug-likeness (QED) is 0.327. The summed E-state index contributed by atoms with van der Waals surface area (Å²) < 4.78 is 11.1. The minimum Gasteiger partial charge on any atom is -0.467 e. The van der Waals surface area contributed by atoms with Gasteiger partial charge in [0.05, 0.1) is 7.11 Å². The van der Waals surface area contributed by atoms with Crippen LogP contribution in [0.5, 0.6) is 11.5 Å². The van der Waals surface area contributed by atoms with Gasteiger partial charge in [-0.3, -0.25) is 4.79 Å². The minimum atomic E-state index is -0.733. The Hall–Kier alpha value is -3.41. The van der Waals surface area contributed by atoms with Crippen LogP contribution in [-0.2, 0) is 21.4 Å². The van der Waals surface area contributed by atoms with Gasteiger partial charge in [0.2, 0.25) is 0 Å². The van der Waals surface area contributed by atoms with Crippen LogP contribution in [0, 0.1) is 11.8 Å². The van der Waals surface area contributed by atoms with Crippen LogP contribution in [0.1, 0.15) is 82.0 Å². The van der Waals surface area contributed by atoms with Crippen molar-refractivity contribution in [2.75, 3.05) is 7.11 Å². The second-order valence-electron chi connectivity index (χ2n) is 11.8. The number of amides is 1. The third kappa shape index (κ3) is 6.53. The molecular formula is C32H40N2O4. The van der Waals surface area contributed by atoms with E-state index >= 15 is 0 Å². The molecule has 6 nitrogen and oxygen atoms in total. The predicted molar refractivity (Wildman–Crippen MR) is 151 cm³/mol. The first-order valence-corrected chi connectivity index (χ1v) is 13.7. The SMILES string of the molecule is COC(=O)[C@@H](NC(=O)c1cc2ccc(Oc3ccc(C(C)(C)C)cc3)cc2c(CC2CCCC2)n1)C(C)C. The molecule has 1 N–H and O–H groups in total. The highest BCUT2D eigenvalue weighted by molar-refractivity contribution is 5.99. The number of ether oxygens (including phenoxy) is 2. The van der Waals surface area contributed by atoms with E-state index in [1.54, 1.807) is 6.07 Å². The van der Waals surface area contributed by atoms with Gasteiger partial charge in [-0.1, -0.05) is 78.5 Å². The zero-order valence-corrected chi connectivity index (χ0v) is 23.5. The molecule has 1 fully saturated rings. The topological polar surface area (TPSA) is 77.5 Å². The van der Waals surface area contributed by atoms with Crippen molar-refractivity contribution < 1.29 is 19.1 Å². The molecule has 0 aliphatic heterocycles. The number of nitrogens with one attached hydrogen (secondary N) is 1. The second kappa shape index (κ2) is 11.5. The molecule has 0 spiro atoms. The normalized spacial score (nSPS) is 15.0. The van der Waals surface area contributed by atoms with Gasteiger partial charge in [0.25, 0.3) is 5.91 Å². The Morgan fingerprint density at radius 3 is 2.26 bits per heavy atom. The Kier molecular flexibility index (Phi) is 8.39. The molecule has 4 rings (SSSR count). The van der Waals surface area contributed by atoms with Crippen LogP contribution < -0.4 is 10.1 Å². The van der Waals surface area contributed by atoms with Crippen LogP contribution in [0.3, 0.4) is 0 Å². The number of carbonyl (C=O) groups is 2. The average Bonchev–Trinajstić information content (AvgIpc) is 3.39. The molecule has 1 heterocycles. The zero-order chi connectivity index (χ0) is 27.4.